The molecule has 0 aliphatic carbocycles. The standard InChI is InChI=1S/C30H25F5N4O2/c1-29(2,18-9-11-20(31)12-10-18)28-36-27(37-41-28)22-16-39(15-17-5-7-19(8-6-17)30(33,34)35)24-14-25(38(3)4)23(32)13-21(24)26(22)40/h5-14,16H,15H2,1-4H3. The molecule has 0 amide bonds. The van der Waals surface area contributed by atoms with Crippen LogP contribution < -0.4 is 10.3 Å². The highest BCUT2D eigenvalue weighted by molar-refractivity contribution is 5.86. The van der Waals surface area contributed by atoms with E-state index in [0.717, 1.165) is 18.2 Å². The lowest BCUT2D eigenvalue weighted by molar-refractivity contribution is -0.137. The minimum Gasteiger partial charge on any atom is -0.375 e. The summed E-state index contributed by atoms with van der Waals surface area (Å²) in [5, 5.41) is 4.06. The fraction of sp³-hybridized carbons (Fsp3) is 0.233. The zero-order valence-electron chi connectivity index (χ0n) is 22.6. The summed E-state index contributed by atoms with van der Waals surface area (Å²) in [4.78, 5) is 19.6. The number of anilines is 1. The van der Waals surface area contributed by atoms with E-state index in [4.69, 9.17) is 4.52 Å². The van der Waals surface area contributed by atoms with Crippen molar-refractivity contribution in [2.45, 2.75) is 32.0 Å². The Hall–Kier alpha value is -4.54. The summed E-state index contributed by atoms with van der Waals surface area (Å²) in [6, 6.07) is 13.1. The summed E-state index contributed by atoms with van der Waals surface area (Å²) in [5.74, 6) is -0.892. The quantitative estimate of drug-likeness (QED) is 0.211. The lowest BCUT2D eigenvalue weighted by Gasteiger charge is -2.20. The number of benzene rings is 3. The molecule has 0 saturated heterocycles. The van der Waals surface area contributed by atoms with Gasteiger partial charge in [-0.05, 0) is 61.4 Å². The van der Waals surface area contributed by atoms with Gasteiger partial charge in [-0.25, -0.2) is 8.78 Å². The SMILES string of the molecule is CN(C)c1cc2c(cc1F)c(=O)c(-c1noc(C(C)(C)c3ccc(F)cc3)n1)cn2Cc1ccc(C(F)(F)F)cc1. The third kappa shape index (κ3) is 5.31. The molecule has 0 unspecified atom stereocenters. The average Bonchev–Trinajstić information content (AvgIpc) is 3.41. The van der Waals surface area contributed by atoms with Gasteiger partial charge in [0.25, 0.3) is 0 Å². The van der Waals surface area contributed by atoms with Gasteiger partial charge in [0.2, 0.25) is 17.1 Å². The van der Waals surface area contributed by atoms with Crippen LogP contribution in [0.15, 0.2) is 76.2 Å². The number of nitrogens with zero attached hydrogens (tertiary/aromatic N) is 4. The molecule has 5 rings (SSSR count). The average molecular weight is 569 g/mol. The van der Waals surface area contributed by atoms with Crippen LogP contribution in [0.2, 0.25) is 0 Å². The van der Waals surface area contributed by atoms with Crippen molar-refractivity contribution < 1.29 is 26.5 Å². The molecule has 0 spiro atoms. The van der Waals surface area contributed by atoms with Crippen LogP contribution in [0, 0.1) is 11.6 Å². The van der Waals surface area contributed by atoms with Crippen LogP contribution in [0.4, 0.5) is 27.6 Å². The number of fused-ring (bicyclic) bond motifs is 1. The number of rotatable bonds is 6. The van der Waals surface area contributed by atoms with Gasteiger partial charge >= 0.3 is 6.18 Å². The number of hydrogen-bond acceptors (Lipinski definition) is 5. The molecule has 2 aromatic heterocycles. The van der Waals surface area contributed by atoms with Gasteiger partial charge in [0.1, 0.15) is 11.6 Å². The van der Waals surface area contributed by atoms with Crippen LogP contribution in [0.1, 0.15) is 36.4 Å². The predicted molar refractivity (Wildman–Crippen MR) is 145 cm³/mol. The second-order valence-electron chi connectivity index (χ2n) is 10.5. The Morgan fingerprint density at radius 3 is 2.17 bits per heavy atom. The number of halogens is 5. The van der Waals surface area contributed by atoms with Gasteiger partial charge in [-0.15, -0.1) is 0 Å². The molecule has 212 valence electrons. The van der Waals surface area contributed by atoms with Crippen molar-refractivity contribution in [2.75, 3.05) is 19.0 Å². The second kappa shape index (κ2) is 10.1. The molecular weight excluding hydrogens is 543 g/mol. The van der Waals surface area contributed by atoms with Crippen molar-refractivity contribution in [2.24, 2.45) is 0 Å². The molecule has 0 radical (unpaired) electrons. The minimum absolute atomic E-state index is 0.0197. The molecule has 3 aromatic carbocycles. The van der Waals surface area contributed by atoms with Crippen LogP contribution in [0.25, 0.3) is 22.3 Å². The van der Waals surface area contributed by atoms with E-state index < -0.39 is 34.2 Å². The largest absolute Gasteiger partial charge is 0.416 e. The monoisotopic (exact) mass is 568 g/mol. The highest BCUT2D eigenvalue weighted by atomic mass is 19.4. The lowest BCUT2D eigenvalue weighted by atomic mass is 9.84. The fourth-order valence-electron chi connectivity index (χ4n) is 4.60. The van der Waals surface area contributed by atoms with Gasteiger partial charge in [0.05, 0.1) is 27.7 Å². The number of hydrogen-bond donors (Lipinski definition) is 0. The van der Waals surface area contributed by atoms with E-state index in [9.17, 15) is 22.4 Å². The molecule has 11 heteroatoms. The minimum atomic E-state index is -4.48. The maximum absolute atomic E-state index is 15.0. The highest BCUT2D eigenvalue weighted by Crippen LogP contribution is 2.33. The van der Waals surface area contributed by atoms with Gasteiger partial charge in [-0.1, -0.05) is 29.4 Å². The molecule has 2 heterocycles. The van der Waals surface area contributed by atoms with Crippen molar-refractivity contribution in [3.63, 3.8) is 0 Å². The van der Waals surface area contributed by atoms with E-state index in [1.165, 1.54) is 36.5 Å². The van der Waals surface area contributed by atoms with Gasteiger partial charge in [-0.3, -0.25) is 4.79 Å². The van der Waals surface area contributed by atoms with Crippen molar-refractivity contribution in [3.8, 4) is 11.4 Å². The Balaban J connectivity index is 1.64. The molecular formula is C30H25F5N4O2. The summed E-state index contributed by atoms with van der Waals surface area (Å²) in [7, 11) is 3.31. The summed E-state index contributed by atoms with van der Waals surface area (Å²) in [6.07, 6.45) is -2.99. The van der Waals surface area contributed by atoms with Crippen molar-refractivity contribution in [1.82, 2.24) is 14.7 Å². The first-order chi connectivity index (χ1) is 19.3. The zero-order chi connectivity index (χ0) is 29.7. The van der Waals surface area contributed by atoms with Gasteiger partial charge in [0.15, 0.2) is 0 Å². The first kappa shape index (κ1) is 28.0. The Morgan fingerprint density at radius 2 is 1.56 bits per heavy atom. The first-order valence-corrected chi connectivity index (χ1v) is 12.6. The third-order valence-corrected chi connectivity index (χ3v) is 7.03. The maximum atomic E-state index is 15.0. The van der Waals surface area contributed by atoms with Crippen LogP contribution in [-0.4, -0.2) is 28.8 Å². The zero-order valence-corrected chi connectivity index (χ0v) is 22.6. The van der Waals surface area contributed by atoms with E-state index >= 15 is 4.39 Å². The number of aromatic nitrogens is 3. The van der Waals surface area contributed by atoms with Crippen molar-refractivity contribution >= 4 is 16.6 Å². The lowest BCUT2D eigenvalue weighted by Crippen LogP contribution is -2.19. The molecule has 0 N–H and O–H groups in total. The van der Waals surface area contributed by atoms with E-state index in [1.54, 1.807) is 49.5 Å². The van der Waals surface area contributed by atoms with Crippen LogP contribution >= 0.6 is 0 Å². The fourth-order valence-corrected chi connectivity index (χ4v) is 4.60. The van der Waals surface area contributed by atoms with E-state index in [0.29, 0.717) is 16.6 Å². The molecule has 0 bridgehead atoms. The Morgan fingerprint density at radius 1 is 0.927 bits per heavy atom. The second-order valence-corrected chi connectivity index (χ2v) is 10.5. The van der Waals surface area contributed by atoms with Crippen molar-refractivity contribution in [1.29, 1.82) is 0 Å². The number of pyridine rings is 1. The highest BCUT2D eigenvalue weighted by Gasteiger charge is 2.31. The number of alkyl halides is 3. The van der Waals surface area contributed by atoms with Gasteiger partial charge < -0.3 is 14.0 Å². The summed E-state index contributed by atoms with van der Waals surface area (Å²) < 4.78 is 74.9. The molecule has 0 atom stereocenters. The van der Waals surface area contributed by atoms with Crippen LogP contribution in [-0.2, 0) is 18.1 Å². The topological polar surface area (TPSA) is 64.2 Å². The molecule has 0 aliphatic rings. The molecule has 0 saturated carbocycles. The van der Waals surface area contributed by atoms with E-state index in [2.05, 4.69) is 10.1 Å². The molecule has 0 aliphatic heterocycles. The summed E-state index contributed by atoms with van der Waals surface area (Å²) in [5.41, 5.74) is -0.311. The molecule has 0 fully saturated rings. The molecule has 6 nitrogen and oxygen atoms in total. The van der Waals surface area contributed by atoms with E-state index in [-0.39, 0.29) is 34.9 Å². The van der Waals surface area contributed by atoms with Crippen molar-refractivity contribution in [3.05, 3.63) is 111 Å². The summed E-state index contributed by atoms with van der Waals surface area (Å²) >= 11 is 0. The molecule has 5 aromatic rings. The van der Waals surface area contributed by atoms with Gasteiger partial charge in [-0.2, -0.15) is 18.2 Å². The summed E-state index contributed by atoms with van der Waals surface area (Å²) in [6.45, 7) is 3.68. The Bertz CT molecular complexity index is 1790. The Kier molecular flexibility index (Phi) is 6.92. The first-order valence-electron chi connectivity index (χ1n) is 12.6. The van der Waals surface area contributed by atoms with Gasteiger partial charge in [0, 0.05) is 32.2 Å². The normalized spacial score (nSPS) is 12.2. The van der Waals surface area contributed by atoms with E-state index in [1.807, 2.05) is 0 Å². The van der Waals surface area contributed by atoms with Crippen LogP contribution in [0.3, 0.4) is 0 Å². The smallest absolute Gasteiger partial charge is 0.375 e. The van der Waals surface area contributed by atoms with Crippen LogP contribution in [0.5, 0.6) is 0 Å². The Labute approximate surface area is 231 Å². The molecule has 41 heavy (non-hydrogen) atoms. The maximum Gasteiger partial charge on any atom is 0.416 e. The predicted octanol–water partition coefficient (Wildman–Crippen LogP) is 6.79. The third-order valence-electron chi connectivity index (χ3n) is 7.03.